The zero-order valence-electron chi connectivity index (χ0n) is 21.8. The average Bonchev–Trinajstić information content (AvgIpc) is 2.87. The summed E-state index contributed by atoms with van der Waals surface area (Å²) in [6.45, 7) is 2.37. The number of carbonyl (C=O) groups excluding carboxylic acids is 4. The van der Waals surface area contributed by atoms with Crippen LogP contribution in [0.4, 0.5) is 32.0 Å². The van der Waals surface area contributed by atoms with E-state index >= 15 is 0 Å². The molecule has 2 aromatic carbocycles. The number of alkyl halides is 6. The van der Waals surface area contributed by atoms with Gasteiger partial charge in [-0.3, -0.25) is 19.2 Å². The molecule has 14 heteroatoms. The van der Waals surface area contributed by atoms with Crippen LogP contribution in [0.25, 0.3) is 0 Å². The third-order valence-electron chi connectivity index (χ3n) is 5.86. The number of halogens is 6. The molecule has 0 radical (unpaired) electrons. The lowest BCUT2D eigenvalue weighted by Crippen LogP contribution is -2.26. The smallest absolute Gasteiger partial charge is 0.416 e. The Kier molecular flexibility index (Phi) is 8.65. The van der Waals surface area contributed by atoms with Gasteiger partial charge in [0.15, 0.2) is 0 Å². The highest BCUT2D eigenvalue weighted by molar-refractivity contribution is 6.23. The molecule has 8 nitrogen and oxygen atoms in total. The highest BCUT2D eigenvalue weighted by Gasteiger charge is 2.38. The van der Waals surface area contributed by atoms with Gasteiger partial charge < -0.3 is 19.5 Å². The number of amides is 1. The van der Waals surface area contributed by atoms with Gasteiger partial charge in [-0.05, 0) is 42.8 Å². The third kappa shape index (κ3) is 6.76. The zero-order chi connectivity index (χ0) is 30.9. The fourth-order valence-electron chi connectivity index (χ4n) is 3.94. The van der Waals surface area contributed by atoms with E-state index in [4.69, 9.17) is 14.2 Å². The second-order valence-electron chi connectivity index (χ2n) is 8.68. The summed E-state index contributed by atoms with van der Waals surface area (Å²) in [4.78, 5) is 50.3. The lowest BCUT2D eigenvalue weighted by molar-refractivity contribution is -0.143. The number of allylic oxidation sites excluding steroid dienone is 2. The number of esters is 1. The van der Waals surface area contributed by atoms with Gasteiger partial charge in [-0.15, -0.1) is 0 Å². The van der Waals surface area contributed by atoms with Gasteiger partial charge in [0.1, 0.15) is 5.75 Å². The molecule has 1 aliphatic rings. The first kappa shape index (κ1) is 30.9. The van der Waals surface area contributed by atoms with Crippen molar-refractivity contribution in [1.29, 1.82) is 0 Å². The van der Waals surface area contributed by atoms with E-state index in [1.54, 1.807) is 0 Å². The monoisotopic (exact) mass is 585 g/mol. The van der Waals surface area contributed by atoms with Crippen LogP contribution in [-0.4, -0.2) is 37.7 Å². The van der Waals surface area contributed by atoms with Gasteiger partial charge in [-0.1, -0.05) is 6.07 Å². The normalized spacial score (nSPS) is 14.3. The number of rotatable bonds is 7. The van der Waals surface area contributed by atoms with Gasteiger partial charge in [0.05, 0.1) is 30.9 Å². The lowest BCUT2D eigenvalue weighted by Gasteiger charge is -2.20. The van der Waals surface area contributed by atoms with Crippen LogP contribution in [0.2, 0.25) is 0 Å². The van der Waals surface area contributed by atoms with Crippen LogP contribution >= 0.6 is 0 Å². The molecular weight excluding hydrogens is 564 g/mol. The van der Waals surface area contributed by atoms with Crippen molar-refractivity contribution in [1.82, 2.24) is 0 Å². The molecule has 0 unspecified atom stereocenters. The average molecular weight is 585 g/mol. The van der Waals surface area contributed by atoms with Crippen LogP contribution in [0.15, 0.2) is 59.1 Å². The first-order valence-corrected chi connectivity index (χ1v) is 11.5. The summed E-state index contributed by atoms with van der Waals surface area (Å²) in [5.41, 5.74) is -4.38. The molecule has 1 aliphatic carbocycles. The van der Waals surface area contributed by atoms with Gasteiger partial charge in [0.2, 0.25) is 23.1 Å². The Morgan fingerprint density at radius 1 is 0.829 bits per heavy atom. The van der Waals surface area contributed by atoms with E-state index < -0.39 is 58.2 Å². The van der Waals surface area contributed by atoms with Crippen molar-refractivity contribution in [2.75, 3.05) is 19.5 Å². The fraction of sp³-hybridized carbons (Fsp3) is 0.259. The number of hydrogen-bond donors (Lipinski definition) is 1. The maximum atomic E-state index is 13.3. The van der Waals surface area contributed by atoms with E-state index in [0.29, 0.717) is 12.1 Å². The molecule has 1 N–H and O–H groups in total. The first-order chi connectivity index (χ1) is 19.0. The molecule has 3 rings (SSSR count). The van der Waals surface area contributed by atoms with Crippen LogP contribution in [0.3, 0.4) is 0 Å². The number of Topliss-reactive ketones (excluding diaryl/α,β-unsaturated/α-hetero) is 2. The molecule has 218 valence electrons. The minimum absolute atomic E-state index is 0.0198. The Morgan fingerprint density at radius 2 is 1.37 bits per heavy atom. The largest absolute Gasteiger partial charge is 0.489 e. The molecule has 1 amide bonds. The SMILES string of the molecule is COC1=C(OC)C(=O)C(Cc2ccc(OC(C)=O)c(C(=O)Nc3cc(C(F)(F)F)cc(C(F)(F)F)c3)c2)=C(C)C1=O. The van der Waals surface area contributed by atoms with E-state index in [2.05, 4.69) is 0 Å². The maximum absolute atomic E-state index is 13.3. The summed E-state index contributed by atoms with van der Waals surface area (Å²) < 4.78 is 94.5. The number of ketones is 2. The van der Waals surface area contributed by atoms with Crippen molar-refractivity contribution in [3.63, 3.8) is 0 Å². The topological polar surface area (TPSA) is 108 Å². The minimum Gasteiger partial charge on any atom is -0.489 e. The van der Waals surface area contributed by atoms with Crippen LogP contribution in [-0.2, 0) is 42.6 Å². The molecule has 0 fully saturated rings. The zero-order valence-corrected chi connectivity index (χ0v) is 21.8. The second kappa shape index (κ2) is 11.5. The van der Waals surface area contributed by atoms with Gasteiger partial charge >= 0.3 is 18.3 Å². The number of nitrogens with one attached hydrogen (secondary N) is 1. The van der Waals surface area contributed by atoms with E-state index in [9.17, 15) is 45.5 Å². The Balaban J connectivity index is 2.05. The number of benzene rings is 2. The third-order valence-corrected chi connectivity index (χ3v) is 5.86. The number of hydrogen-bond acceptors (Lipinski definition) is 7. The van der Waals surface area contributed by atoms with Crippen LogP contribution < -0.4 is 10.1 Å². The van der Waals surface area contributed by atoms with Crippen LogP contribution in [0, 0.1) is 0 Å². The van der Waals surface area contributed by atoms with Crippen molar-refractivity contribution >= 4 is 29.1 Å². The molecule has 0 aromatic heterocycles. The summed E-state index contributed by atoms with van der Waals surface area (Å²) >= 11 is 0. The number of anilines is 1. The second-order valence-corrected chi connectivity index (χ2v) is 8.68. The van der Waals surface area contributed by atoms with Crippen molar-refractivity contribution in [3.8, 4) is 5.75 Å². The lowest BCUT2D eigenvalue weighted by atomic mass is 9.88. The highest BCUT2D eigenvalue weighted by Crippen LogP contribution is 2.38. The van der Waals surface area contributed by atoms with Crippen molar-refractivity contribution in [2.45, 2.75) is 32.6 Å². The Labute approximate surface area is 228 Å². The number of ether oxygens (including phenoxy) is 3. The predicted molar refractivity (Wildman–Crippen MR) is 130 cm³/mol. The quantitative estimate of drug-likeness (QED) is 0.200. The van der Waals surface area contributed by atoms with Gasteiger partial charge in [-0.25, -0.2) is 0 Å². The highest BCUT2D eigenvalue weighted by atomic mass is 19.4. The van der Waals surface area contributed by atoms with Crippen molar-refractivity contribution in [2.24, 2.45) is 0 Å². The predicted octanol–water partition coefficient (Wildman–Crippen LogP) is 5.42. The molecule has 2 aromatic rings. The Bertz CT molecular complexity index is 1470. The molecule has 0 atom stereocenters. The van der Waals surface area contributed by atoms with Crippen LogP contribution in [0.1, 0.15) is 40.9 Å². The number of methoxy groups -OCH3 is 2. The maximum Gasteiger partial charge on any atom is 0.416 e. The van der Waals surface area contributed by atoms with E-state index in [-0.39, 0.29) is 46.5 Å². The summed E-state index contributed by atoms with van der Waals surface area (Å²) in [5.74, 6) is -4.41. The summed E-state index contributed by atoms with van der Waals surface area (Å²) in [5, 5.41) is 1.97. The minimum atomic E-state index is -5.16. The van der Waals surface area contributed by atoms with Gasteiger partial charge in [0.25, 0.3) is 5.91 Å². The molecule has 0 saturated carbocycles. The molecule has 0 heterocycles. The van der Waals surface area contributed by atoms with E-state index in [1.807, 2.05) is 5.32 Å². The molecule has 0 saturated heterocycles. The van der Waals surface area contributed by atoms with Crippen molar-refractivity contribution in [3.05, 3.63) is 81.3 Å². The first-order valence-electron chi connectivity index (χ1n) is 11.5. The molecular formula is C27H21F6NO7. The molecule has 0 bridgehead atoms. The van der Waals surface area contributed by atoms with Gasteiger partial charge in [0, 0.05) is 30.2 Å². The molecule has 41 heavy (non-hydrogen) atoms. The number of carbonyl (C=O) groups is 4. The fourth-order valence-corrected chi connectivity index (χ4v) is 3.94. The van der Waals surface area contributed by atoms with E-state index in [0.717, 1.165) is 26.2 Å². The summed E-state index contributed by atoms with van der Waals surface area (Å²) in [7, 11) is 2.34. The Morgan fingerprint density at radius 3 is 1.85 bits per heavy atom. The molecule has 0 aliphatic heterocycles. The van der Waals surface area contributed by atoms with E-state index in [1.165, 1.54) is 20.1 Å². The summed E-state index contributed by atoms with van der Waals surface area (Å²) in [6, 6.07) is 4.14. The Hall–Kier alpha value is -4.62. The van der Waals surface area contributed by atoms with Crippen LogP contribution in [0.5, 0.6) is 5.75 Å². The molecule has 0 spiro atoms. The van der Waals surface area contributed by atoms with Gasteiger partial charge in [-0.2, -0.15) is 26.3 Å². The van der Waals surface area contributed by atoms with Crippen molar-refractivity contribution < 1.29 is 59.7 Å². The summed E-state index contributed by atoms with van der Waals surface area (Å²) in [6.07, 6.45) is -10.6. The standard InChI is InChI=1S/C27H21F6NO7/c1-12-18(22(37)24(40-4)23(39-3)21(12)36)7-14-5-6-20(41-13(2)35)19(8-14)25(38)34-17-10-15(26(28,29)30)9-16(11-17)27(31,32)33/h5-6,8-11H,7H2,1-4H3,(H,34,38).